The topological polar surface area (TPSA) is 62.5 Å². The van der Waals surface area contributed by atoms with Crippen LogP contribution < -0.4 is 5.32 Å². The summed E-state index contributed by atoms with van der Waals surface area (Å²) in [6.07, 6.45) is 5.49. The number of rotatable bonds is 3. The van der Waals surface area contributed by atoms with Crippen molar-refractivity contribution < 1.29 is 4.79 Å². The van der Waals surface area contributed by atoms with Crippen LogP contribution >= 0.6 is 12.4 Å². The van der Waals surface area contributed by atoms with Crippen molar-refractivity contribution in [2.24, 2.45) is 0 Å². The summed E-state index contributed by atoms with van der Waals surface area (Å²) in [6, 6.07) is 12.3. The summed E-state index contributed by atoms with van der Waals surface area (Å²) in [4.78, 5) is 19.3. The Kier molecular flexibility index (Phi) is 5.54. The van der Waals surface area contributed by atoms with E-state index in [0.717, 1.165) is 37.2 Å². The molecule has 1 aliphatic heterocycles. The highest BCUT2D eigenvalue weighted by molar-refractivity contribution is 6.00. The third-order valence-electron chi connectivity index (χ3n) is 4.82. The van der Waals surface area contributed by atoms with Crippen molar-refractivity contribution in [2.45, 2.75) is 18.9 Å². The van der Waals surface area contributed by atoms with Crippen molar-refractivity contribution in [3.8, 4) is 11.3 Å². The molecule has 1 aliphatic rings. The Hall–Kier alpha value is -2.44. The number of hydrogen-bond acceptors (Lipinski definition) is 4. The van der Waals surface area contributed by atoms with E-state index in [1.165, 1.54) is 0 Å². The SMILES string of the molecule is CNC1CCCN(C(=O)c2cnn3c(-c4ccccc4)ccnc23)C1.Cl. The summed E-state index contributed by atoms with van der Waals surface area (Å²) in [7, 11) is 1.95. The third-order valence-corrected chi connectivity index (χ3v) is 4.82. The van der Waals surface area contributed by atoms with Gasteiger partial charge in [0, 0.05) is 30.9 Å². The Morgan fingerprint density at radius 3 is 2.81 bits per heavy atom. The number of carbonyl (C=O) groups is 1. The third kappa shape index (κ3) is 3.30. The molecule has 4 rings (SSSR count). The zero-order chi connectivity index (χ0) is 17.2. The maximum Gasteiger partial charge on any atom is 0.259 e. The first-order valence-corrected chi connectivity index (χ1v) is 8.62. The highest BCUT2D eigenvalue weighted by Crippen LogP contribution is 2.22. The van der Waals surface area contributed by atoms with Crippen molar-refractivity contribution in [1.29, 1.82) is 0 Å². The van der Waals surface area contributed by atoms with E-state index in [0.29, 0.717) is 17.3 Å². The van der Waals surface area contributed by atoms with Gasteiger partial charge in [-0.2, -0.15) is 5.10 Å². The summed E-state index contributed by atoms with van der Waals surface area (Å²) in [5.74, 6) is 0.00709. The summed E-state index contributed by atoms with van der Waals surface area (Å²) >= 11 is 0. The Balaban J connectivity index is 0.00000196. The molecule has 3 heterocycles. The van der Waals surface area contributed by atoms with E-state index in [-0.39, 0.29) is 18.3 Å². The Morgan fingerprint density at radius 2 is 2.04 bits per heavy atom. The molecule has 136 valence electrons. The molecule has 1 atom stereocenters. The van der Waals surface area contributed by atoms with Crippen molar-refractivity contribution in [3.05, 3.63) is 54.4 Å². The van der Waals surface area contributed by atoms with E-state index in [2.05, 4.69) is 15.4 Å². The number of hydrogen-bond donors (Lipinski definition) is 1. The number of nitrogens with one attached hydrogen (secondary N) is 1. The number of benzene rings is 1. The molecule has 2 aromatic heterocycles. The van der Waals surface area contributed by atoms with Gasteiger partial charge in [-0.05, 0) is 26.0 Å². The number of fused-ring (bicyclic) bond motifs is 1. The maximum atomic E-state index is 13.0. The van der Waals surface area contributed by atoms with Gasteiger partial charge in [-0.25, -0.2) is 9.50 Å². The number of likely N-dealkylation sites (N-methyl/N-ethyl adjacent to an activating group) is 1. The molecule has 1 aromatic carbocycles. The van der Waals surface area contributed by atoms with Crippen LogP contribution in [0.5, 0.6) is 0 Å². The second-order valence-corrected chi connectivity index (χ2v) is 6.37. The molecule has 0 radical (unpaired) electrons. The predicted molar refractivity (Wildman–Crippen MR) is 104 cm³/mol. The summed E-state index contributed by atoms with van der Waals surface area (Å²) in [6.45, 7) is 1.51. The monoisotopic (exact) mass is 371 g/mol. The quantitative estimate of drug-likeness (QED) is 0.768. The molecule has 1 N–H and O–H groups in total. The molecule has 1 fully saturated rings. The second kappa shape index (κ2) is 7.85. The minimum atomic E-state index is 0. The van der Waals surface area contributed by atoms with Gasteiger partial charge < -0.3 is 10.2 Å². The lowest BCUT2D eigenvalue weighted by molar-refractivity contribution is 0.0700. The molecule has 3 aromatic rings. The van der Waals surface area contributed by atoms with Crippen molar-refractivity contribution in [3.63, 3.8) is 0 Å². The van der Waals surface area contributed by atoms with Crippen LogP contribution in [-0.4, -0.2) is 51.6 Å². The smallest absolute Gasteiger partial charge is 0.259 e. The minimum Gasteiger partial charge on any atom is -0.337 e. The van der Waals surface area contributed by atoms with Crippen LogP contribution in [0.4, 0.5) is 0 Å². The van der Waals surface area contributed by atoms with Crippen molar-refractivity contribution >= 4 is 24.0 Å². The largest absolute Gasteiger partial charge is 0.337 e. The first-order valence-electron chi connectivity index (χ1n) is 8.62. The fourth-order valence-electron chi connectivity index (χ4n) is 3.44. The molecule has 1 saturated heterocycles. The molecule has 7 heteroatoms. The molecule has 0 bridgehead atoms. The number of nitrogens with zero attached hydrogens (tertiary/aromatic N) is 4. The van der Waals surface area contributed by atoms with Gasteiger partial charge in [0.1, 0.15) is 5.56 Å². The van der Waals surface area contributed by atoms with Gasteiger partial charge in [-0.1, -0.05) is 30.3 Å². The van der Waals surface area contributed by atoms with Gasteiger partial charge in [0.15, 0.2) is 5.65 Å². The van der Waals surface area contributed by atoms with Crippen LogP contribution in [0.3, 0.4) is 0 Å². The predicted octanol–water partition coefficient (Wildman–Crippen LogP) is 2.64. The van der Waals surface area contributed by atoms with Gasteiger partial charge in [0.25, 0.3) is 5.91 Å². The maximum absolute atomic E-state index is 13.0. The first kappa shape index (κ1) is 18.4. The lowest BCUT2D eigenvalue weighted by Crippen LogP contribution is -2.46. The van der Waals surface area contributed by atoms with Gasteiger partial charge in [-0.3, -0.25) is 4.79 Å². The number of halogens is 1. The van der Waals surface area contributed by atoms with Crippen LogP contribution in [0.1, 0.15) is 23.2 Å². The van der Waals surface area contributed by atoms with Crippen LogP contribution in [0.2, 0.25) is 0 Å². The van der Waals surface area contributed by atoms with Crippen molar-refractivity contribution in [1.82, 2.24) is 24.8 Å². The van der Waals surface area contributed by atoms with Crippen LogP contribution in [0, 0.1) is 0 Å². The zero-order valence-corrected chi connectivity index (χ0v) is 15.4. The molecular weight excluding hydrogens is 350 g/mol. The zero-order valence-electron chi connectivity index (χ0n) is 14.6. The van der Waals surface area contributed by atoms with Gasteiger partial charge in [-0.15, -0.1) is 12.4 Å². The molecule has 1 amide bonds. The lowest BCUT2D eigenvalue weighted by Gasteiger charge is -2.32. The average molecular weight is 372 g/mol. The molecule has 0 saturated carbocycles. The average Bonchev–Trinajstić information content (AvgIpc) is 3.12. The Bertz CT molecular complexity index is 895. The fraction of sp³-hybridized carbons (Fsp3) is 0.316. The number of amides is 1. The van der Waals surface area contributed by atoms with E-state index in [9.17, 15) is 4.79 Å². The van der Waals surface area contributed by atoms with Crippen LogP contribution in [0.15, 0.2) is 48.8 Å². The standard InChI is InChI=1S/C19H21N5O.ClH/c1-20-15-8-5-11-23(13-15)19(25)16-12-22-24-17(9-10-21-18(16)24)14-6-3-2-4-7-14;/h2-4,6-7,9-10,12,15,20H,5,8,11,13H2,1H3;1H. The lowest BCUT2D eigenvalue weighted by atomic mass is 10.1. The molecule has 26 heavy (non-hydrogen) atoms. The van der Waals surface area contributed by atoms with E-state index in [1.807, 2.05) is 48.3 Å². The van der Waals surface area contributed by atoms with Crippen LogP contribution in [-0.2, 0) is 0 Å². The fourth-order valence-corrected chi connectivity index (χ4v) is 3.44. The van der Waals surface area contributed by atoms with Gasteiger partial charge in [0.05, 0.1) is 11.9 Å². The van der Waals surface area contributed by atoms with Crippen LogP contribution in [0.25, 0.3) is 16.9 Å². The minimum absolute atomic E-state index is 0. The van der Waals surface area contributed by atoms with E-state index in [1.54, 1.807) is 16.9 Å². The Labute approximate surface area is 158 Å². The number of carbonyl (C=O) groups excluding carboxylic acids is 1. The second-order valence-electron chi connectivity index (χ2n) is 6.37. The van der Waals surface area contributed by atoms with Crippen molar-refractivity contribution in [2.75, 3.05) is 20.1 Å². The summed E-state index contributed by atoms with van der Waals surface area (Å²) in [5, 5.41) is 7.71. The Morgan fingerprint density at radius 1 is 1.23 bits per heavy atom. The summed E-state index contributed by atoms with van der Waals surface area (Å²) < 4.78 is 1.75. The number of piperidine rings is 1. The molecular formula is C19H22ClN5O. The number of aromatic nitrogens is 3. The molecule has 1 unspecified atom stereocenters. The van der Waals surface area contributed by atoms with Gasteiger partial charge in [0.2, 0.25) is 0 Å². The number of likely N-dealkylation sites (tertiary alicyclic amines) is 1. The normalized spacial score (nSPS) is 17.1. The van der Waals surface area contributed by atoms with Gasteiger partial charge >= 0.3 is 0 Å². The highest BCUT2D eigenvalue weighted by Gasteiger charge is 2.26. The van der Waals surface area contributed by atoms with E-state index in [4.69, 9.17) is 0 Å². The van der Waals surface area contributed by atoms with E-state index >= 15 is 0 Å². The first-order chi connectivity index (χ1) is 12.3. The molecule has 6 nitrogen and oxygen atoms in total. The highest BCUT2D eigenvalue weighted by atomic mass is 35.5. The summed E-state index contributed by atoms with van der Waals surface area (Å²) in [5.41, 5.74) is 3.15. The van der Waals surface area contributed by atoms with E-state index < -0.39 is 0 Å². The molecule has 0 aliphatic carbocycles. The molecule has 0 spiro atoms.